The molecule has 2 aromatic rings. The fourth-order valence-electron chi connectivity index (χ4n) is 2.75. The molecule has 0 unspecified atom stereocenters. The number of H-pyrrole nitrogens is 1. The van der Waals surface area contributed by atoms with E-state index in [9.17, 15) is 18.0 Å². The maximum absolute atomic E-state index is 13.2. The van der Waals surface area contributed by atoms with E-state index in [1.807, 2.05) is 18.1 Å². The largest absolute Gasteiger partial charge is 0.494 e. The molecule has 0 bridgehead atoms. The fourth-order valence-corrected chi connectivity index (χ4v) is 2.75. The van der Waals surface area contributed by atoms with Crippen molar-refractivity contribution in [3.8, 4) is 5.75 Å². The van der Waals surface area contributed by atoms with E-state index in [-0.39, 0.29) is 18.8 Å². The Hall–Kier alpha value is -2.51. The SMILES string of the molecule is CCOc1cccc2c1CN(c1cn[nH]c(=O)c1C(F)(F)F)C2. The lowest BCUT2D eigenvalue weighted by molar-refractivity contribution is -0.138. The summed E-state index contributed by atoms with van der Waals surface area (Å²) in [7, 11) is 0. The van der Waals surface area contributed by atoms with Gasteiger partial charge in [0.05, 0.1) is 18.5 Å². The molecular weight excluding hydrogens is 311 g/mol. The van der Waals surface area contributed by atoms with Gasteiger partial charge in [-0.15, -0.1) is 0 Å². The summed E-state index contributed by atoms with van der Waals surface area (Å²) in [6, 6.07) is 5.42. The Morgan fingerprint density at radius 1 is 1.35 bits per heavy atom. The maximum Gasteiger partial charge on any atom is 0.423 e. The number of halogens is 3. The van der Waals surface area contributed by atoms with E-state index in [4.69, 9.17) is 4.74 Å². The summed E-state index contributed by atoms with van der Waals surface area (Å²) >= 11 is 0. The first-order valence-corrected chi connectivity index (χ1v) is 7.05. The monoisotopic (exact) mass is 325 g/mol. The van der Waals surface area contributed by atoms with Crippen molar-refractivity contribution in [1.82, 2.24) is 10.2 Å². The molecule has 0 radical (unpaired) electrons. The van der Waals surface area contributed by atoms with Crippen LogP contribution in [0.25, 0.3) is 0 Å². The third-order valence-electron chi connectivity index (χ3n) is 3.70. The molecule has 8 heteroatoms. The minimum Gasteiger partial charge on any atom is -0.494 e. The van der Waals surface area contributed by atoms with Crippen molar-refractivity contribution < 1.29 is 17.9 Å². The molecule has 0 atom stereocenters. The van der Waals surface area contributed by atoms with Crippen molar-refractivity contribution >= 4 is 5.69 Å². The van der Waals surface area contributed by atoms with Crippen LogP contribution in [0.3, 0.4) is 0 Å². The van der Waals surface area contributed by atoms with Crippen molar-refractivity contribution in [2.24, 2.45) is 0 Å². The van der Waals surface area contributed by atoms with Crippen LogP contribution in [0.15, 0.2) is 29.2 Å². The Morgan fingerprint density at radius 3 is 2.83 bits per heavy atom. The fraction of sp³-hybridized carbons (Fsp3) is 0.333. The van der Waals surface area contributed by atoms with E-state index in [0.717, 1.165) is 17.3 Å². The van der Waals surface area contributed by atoms with Crippen molar-refractivity contribution in [2.45, 2.75) is 26.2 Å². The number of nitrogens with zero attached hydrogens (tertiary/aromatic N) is 2. The first kappa shape index (κ1) is 15.4. The van der Waals surface area contributed by atoms with Gasteiger partial charge in [-0.3, -0.25) is 4.79 Å². The Labute approximate surface area is 129 Å². The van der Waals surface area contributed by atoms with Crippen molar-refractivity contribution in [2.75, 3.05) is 11.5 Å². The molecule has 1 aliphatic heterocycles. The highest BCUT2D eigenvalue weighted by molar-refractivity contribution is 5.58. The molecule has 0 fully saturated rings. The molecule has 1 aromatic heterocycles. The Morgan fingerprint density at radius 2 is 2.13 bits per heavy atom. The highest BCUT2D eigenvalue weighted by Crippen LogP contribution is 2.38. The average molecular weight is 325 g/mol. The third-order valence-corrected chi connectivity index (χ3v) is 3.70. The second-order valence-electron chi connectivity index (χ2n) is 5.14. The molecule has 0 saturated carbocycles. The molecule has 2 heterocycles. The van der Waals surface area contributed by atoms with Crippen LogP contribution >= 0.6 is 0 Å². The molecule has 3 rings (SSSR count). The molecular formula is C15H14F3N3O2. The summed E-state index contributed by atoms with van der Waals surface area (Å²) in [6.45, 7) is 2.82. The first-order valence-electron chi connectivity index (χ1n) is 7.05. The number of rotatable bonds is 3. The minimum atomic E-state index is -4.75. The summed E-state index contributed by atoms with van der Waals surface area (Å²) in [4.78, 5) is 13.1. The Kier molecular flexibility index (Phi) is 3.75. The zero-order chi connectivity index (χ0) is 16.6. The number of ether oxygens (including phenoxy) is 1. The molecule has 1 aromatic carbocycles. The van der Waals surface area contributed by atoms with E-state index in [1.54, 1.807) is 12.1 Å². The van der Waals surface area contributed by atoms with Crippen LogP contribution in [0.4, 0.5) is 18.9 Å². The van der Waals surface area contributed by atoms with Gasteiger partial charge in [-0.25, -0.2) is 5.10 Å². The van der Waals surface area contributed by atoms with E-state index in [1.165, 1.54) is 4.90 Å². The van der Waals surface area contributed by atoms with Gasteiger partial charge in [0, 0.05) is 18.7 Å². The lowest BCUT2D eigenvalue weighted by Gasteiger charge is -2.21. The zero-order valence-electron chi connectivity index (χ0n) is 12.3. The number of hydrogen-bond donors (Lipinski definition) is 1. The third kappa shape index (κ3) is 2.76. The van der Waals surface area contributed by atoms with Gasteiger partial charge in [-0.05, 0) is 18.6 Å². The standard InChI is InChI=1S/C15H14F3N3O2/c1-2-23-12-5-3-4-9-7-21(8-10(9)12)11-6-19-20-14(22)13(11)15(16,17)18/h3-6H,2,7-8H2,1H3,(H,20,22). The molecule has 5 nitrogen and oxygen atoms in total. The zero-order valence-corrected chi connectivity index (χ0v) is 12.3. The maximum atomic E-state index is 13.2. The molecule has 0 saturated heterocycles. The van der Waals surface area contributed by atoms with Crippen LogP contribution in [0.2, 0.25) is 0 Å². The smallest absolute Gasteiger partial charge is 0.423 e. The topological polar surface area (TPSA) is 58.2 Å². The predicted octanol–water partition coefficient (Wildman–Crippen LogP) is 2.71. The quantitative estimate of drug-likeness (QED) is 0.943. The Bertz CT molecular complexity index is 786. The number of nitrogens with one attached hydrogen (secondary N) is 1. The molecule has 23 heavy (non-hydrogen) atoms. The second-order valence-corrected chi connectivity index (χ2v) is 5.14. The molecule has 0 spiro atoms. The Balaban J connectivity index is 2.02. The van der Waals surface area contributed by atoms with Gasteiger partial charge in [0.2, 0.25) is 0 Å². The number of aromatic nitrogens is 2. The van der Waals surface area contributed by atoms with Crippen LogP contribution in [0, 0.1) is 0 Å². The number of hydrogen-bond acceptors (Lipinski definition) is 4. The summed E-state index contributed by atoms with van der Waals surface area (Å²) in [5.41, 5.74) is -0.971. The number of benzene rings is 1. The average Bonchev–Trinajstić information content (AvgIpc) is 2.91. The molecule has 0 amide bonds. The van der Waals surface area contributed by atoms with Gasteiger partial charge in [-0.1, -0.05) is 12.1 Å². The van der Waals surface area contributed by atoms with Crippen LogP contribution in [-0.4, -0.2) is 16.8 Å². The van der Waals surface area contributed by atoms with Crippen LogP contribution < -0.4 is 15.2 Å². The predicted molar refractivity (Wildman–Crippen MR) is 77.4 cm³/mol. The van der Waals surface area contributed by atoms with E-state index in [2.05, 4.69) is 5.10 Å². The van der Waals surface area contributed by atoms with Crippen molar-refractivity contribution in [3.05, 3.63) is 51.4 Å². The lowest BCUT2D eigenvalue weighted by atomic mass is 10.1. The summed E-state index contributed by atoms with van der Waals surface area (Å²) in [5, 5.41) is 5.36. The molecule has 1 aliphatic rings. The number of anilines is 1. The second kappa shape index (κ2) is 5.60. The van der Waals surface area contributed by atoms with Gasteiger partial charge >= 0.3 is 6.18 Å². The summed E-state index contributed by atoms with van der Waals surface area (Å²) in [5.74, 6) is 0.652. The highest BCUT2D eigenvalue weighted by Gasteiger charge is 2.39. The van der Waals surface area contributed by atoms with Crippen molar-refractivity contribution in [3.63, 3.8) is 0 Å². The number of alkyl halides is 3. The molecule has 0 aliphatic carbocycles. The van der Waals surface area contributed by atoms with E-state index < -0.39 is 17.3 Å². The number of aromatic amines is 1. The van der Waals surface area contributed by atoms with Gasteiger partial charge in [-0.2, -0.15) is 18.3 Å². The minimum absolute atomic E-state index is 0.222. The lowest BCUT2D eigenvalue weighted by Crippen LogP contribution is -2.28. The van der Waals surface area contributed by atoms with Gasteiger partial charge in [0.1, 0.15) is 11.3 Å². The van der Waals surface area contributed by atoms with Gasteiger partial charge in [0.15, 0.2) is 0 Å². The van der Waals surface area contributed by atoms with Gasteiger partial charge in [0.25, 0.3) is 5.56 Å². The van der Waals surface area contributed by atoms with Crippen LogP contribution in [-0.2, 0) is 19.3 Å². The van der Waals surface area contributed by atoms with Gasteiger partial charge < -0.3 is 9.64 Å². The summed E-state index contributed by atoms with van der Waals surface area (Å²) in [6.07, 6.45) is -3.71. The van der Waals surface area contributed by atoms with E-state index in [0.29, 0.717) is 12.4 Å². The molecule has 1 N–H and O–H groups in total. The molecule has 122 valence electrons. The normalized spacial score (nSPS) is 14.0. The summed E-state index contributed by atoms with van der Waals surface area (Å²) < 4.78 is 45.1. The number of fused-ring (bicyclic) bond motifs is 1. The van der Waals surface area contributed by atoms with Crippen LogP contribution in [0.5, 0.6) is 5.75 Å². The van der Waals surface area contributed by atoms with Crippen LogP contribution in [0.1, 0.15) is 23.6 Å². The highest BCUT2D eigenvalue weighted by atomic mass is 19.4. The van der Waals surface area contributed by atoms with Crippen molar-refractivity contribution in [1.29, 1.82) is 0 Å². The first-order chi connectivity index (χ1) is 10.9. The van der Waals surface area contributed by atoms with E-state index >= 15 is 0 Å².